The van der Waals surface area contributed by atoms with E-state index in [4.69, 9.17) is 9.47 Å². The normalized spacial score (nSPS) is 19.3. The molecule has 0 radical (unpaired) electrons. The first-order chi connectivity index (χ1) is 13.1. The number of carbonyl (C=O) groups excluding carboxylic acids is 2. The predicted octanol–water partition coefficient (Wildman–Crippen LogP) is 2.86. The van der Waals surface area contributed by atoms with Crippen LogP contribution in [0.1, 0.15) is 20.3 Å². The van der Waals surface area contributed by atoms with Gasteiger partial charge in [0, 0.05) is 31.3 Å². The molecule has 0 bridgehead atoms. The second kappa shape index (κ2) is 7.89. The molecule has 0 N–H and O–H groups in total. The fraction of sp³-hybridized carbons (Fsp3) is 0.579. The summed E-state index contributed by atoms with van der Waals surface area (Å²) in [5, 5.41) is 0. The summed E-state index contributed by atoms with van der Waals surface area (Å²) in [4.78, 5) is 27.4. The summed E-state index contributed by atoms with van der Waals surface area (Å²) >= 11 is 0. The second-order valence-corrected chi connectivity index (χ2v) is 7.46. The van der Waals surface area contributed by atoms with Crippen LogP contribution in [-0.4, -0.2) is 55.7 Å². The van der Waals surface area contributed by atoms with E-state index in [0.29, 0.717) is 30.4 Å². The van der Waals surface area contributed by atoms with Gasteiger partial charge >= 0.3 is 6.18 Å². The molecular weight excluding hydrogens is 377 g/mol. The Hall–Kier alpha value is -2.45. The number of nitrogens with zero attached hydrogens (tertiary/aromatic N) is 2. The van der Waals surface area contributed by atoms with Crippen molar-refractivity contribution in [2.24, 2.45) is 11.8 Å². The Kier molecular flexibility index (Phi) is 5.71. The molecule has 154 valence electrons. The van der Waals surface area contributed by atoms with Gasteiger partial charge in [-0.3, -0.25) is 9.59 Å². The van der Waals surface area contributed by atoms with Crippen molar-refractivity contribution in [2.45, 2.75) is 26.4 Å². The standard InChI is InChI=1S/C19H23F3N2O4/c1-12(2)9-23(11-19(20,21)22)18(26)13-7-17(25)24(10-13)14-3-4-15-16(8-14)28-6-5-27-15/h3-4,8,12-13H,5-7,9-11H2,1-2H3/t13-/m1/s1. The molecular formula is C19H23F3N2O4. The number of halogens is 3. The van der Waals surface area contributed by atoms with E-state index in [1.165, 1.54) is 4.90 Å². The van der Waals surface area contributed by atoms with Crippen molar-refractivity contribution >= 4 is 17.5 Å². The number of hydrogen-bond donors (Lipinski definition) is 0. The molecule has 0 saturated carbocycles. The van der Waals surface area contributed by atoms with Gasteiger partial charge in [-0.05, 0) is 18.1 Å². The summed E-state index contributed by atoms with van der Waals surface area (Å²) < 4.78 is 49.6. The smallest absolute Gasteiger partial charge is 0.406 e. The summed E-state index contributed by atoms with van der Waals surface area (Å²) in [6.07, 6.45) is -4.59. The van der Waals surface area contributed by atoms with Gasteiger partial charge in [0.1, 0.15) is 19.8 Å². The molecule has 0 aromatic heterocycles. The highest BCUT2D eigenvalue weighted by Gasteiger charge is 2.41. The zero-order valence-corrected chi connectivity index (χ0v) is 15.8. The van der Waals surface area contributed by atoms with Crippen molar-refractivity contribution in [2.75, 3.05) is 37.7 Å². The zero-order chi connectivity index (χ0) is 20.5. The molecule has 1 atom stereocenters. The molecule has 1 aromatic carbocycles. The van der Waals surface area contributed by atoms with Gasteiger partial charge in [-0.1, -0.05) is 13.8 Å². The largest absolute Gasteiger partial charge is 0.486 e. The fourth-order valence-corrected chi connectivity index (χ4v) is 3.47. The topological polar surface area (TPSA) is 59.1 Å². The zero-order valence-electron chi connectivity index (χ0n) is 15.8. The molecule has 2 aliphatic heterocycles. The van der Waals surface area contributed by atoms with Crippen LogP contribution in [0.2, 0.25) is 0 Å². The van der Waals surface area contributed by atoms with Crippen LogP contribution < -0.4 is 14.4 Å². The first-order valence-electron chi connectivity index (χ1n) is 9.19. The number of rotatable bonds is 5. The van der Waals surface area contributed by atoms with Crippen LogP contribution in [0.5, 0.6) is 11.5 Å². The van der Waals surface area contributed by atoms with Gasteiger partial charge in [0.25, 0.3) is 0 Å². The monoisotopic (exact) mass is 400 g/mol. The number of anilines is 1. The van der Waals surface area contributed by atoms with Crippen molar-refractivity contribution < 1.29 is 32.2 Å². The first kappa shape index (κ1) is 20.3. The minimum absolute atomic E-state index is 0.00689. The summed E-state index contributed by atoms with van der Waals surface area (Å²) in [5.74, 6) is -0.780. The van der Waals surface area contributed by atoms with Gasteiger partial charge in [-0.2, -0.15) is 13.2 Å². The van der Waals surface area contributed by atoms with Gasteiger partial charge in [0.15, 0.2) is 11.5 Å². The summed E-state index contributed by atoms with van der Waals surface area (Å²) in [7, 11) is 0. The highest BCUT2D eigenvalue weighted by atomic mass is 19.4. The van der Waals surface area contributed by atoms with Crippen molar-refractivity contribution in [3.63, 3.8) is 0 Å². The molecule has 6 nitrogen and oxygen atoms in total. The fourth-order valence-electron chi connectivity index (χ4n) is 3.47. The number of hydrogen-bond acceptors (Lipinski definition) is 4. The van der Waals surface area contributed by atoms with E-state index < -0.39 is 24.5 Å². The summed E-state index contributed by atoms with van der Waals surface area (Å²) in [6.45, 7) is 3.06. The molecule has 3 rings (SSSR count). The Bertz CT molecular complexity index is 751. The Morgan fingerprint density at radius 3 is 2.57 bits per heavy atom. The maximum absolute atomic E-state index is 12.9. The lowest BCUT2D eigenvalue weighted by atomic mass is 10.1. The van der Waals surface area contributed by atoms with Crippen LogP contribution in [0, 0.1) is 11.8 Å². The number of benzene rings is 1. The molecule has 0 unspecified atom stereocenters. The first-order valence-corrected chi connectivity index (χ1v) is 9.19. The van der Waals surface area contributed by atoms with Gasteiger partial charge in [-0.15, -0.1) is 0 Å². The van der Waals surface area contributed by atoms with E-state index in [2.05, 4.69) is 0 Å². The highest BCUT2D eigenvalue weighted by molar-refractivity contribution is 6.00. The lowest BCUT2D eigenvalue weighted by molar-refractivity contribution is -0.164. The van der Waals surface area contributed by atoms with Crippen molar-refractivity contribution in [3.8, 4) is 11.5 Å². The summed E-state index contributed by atoms with van der Waals surface area (Å²) in [6, 6.07) is 5.02. The number of fused-ring (bicyclic) bond motifs is 1. The molecule has 2 amide bonds. The molecule has 2 aliphatic rings. The lowest BCUT2D eigenvalue weighted by Gasteiger charge is -2.28. The molecule has 1 aromatic rings. The maximum atomic E-state index is 12.9. The van der Waals surface area contributed by atoms with E-state index in [0.717, 1.165) is 4.90 Å². The molecule has 1 fully saturated rings. The third-order valence-corrected chi connectivity index (χ3v) is 4.58. The van der Waals surface area contributed by atoms with E-state index in [1.54, 1.807) is 32.0 Å². The molecule has 9 heteroatoms. The Balaban J connectivity index is 1.74. The molecule has 0 aliphatic carbocycles. The van der Waals surface area contributed by atoms with Crippen LogP contribution in [0.4, 0.5) is 18.9 Å². The maximum Gasteiger partial charge on any atom is 0.406 e. The van der Waals surface area contributed by atoms with Gasteiger partial charge in [0.2, 0.25) is 11.8 Å². The SMILES string of the molecule is CC(C)CN(CC(F)(F)F)C(=O)[C@@H]1CC(=O)N(c2ccc3c(c2)OCCO3)C1. The van der Waals surface area contributed by atoms with Gasteiger partial charge < -0.3 is 19.3 Å². The average Bonchev–Trinajstić information content (AvgIpc) is 3.00. The summed E-state index contributed by atoms with van der Waals surface area (Å²) in [5.41, 5.74) is 0.538. The lowest BCUT2D eigenvalue weighted by Crippen LogP contribution is -2.44. The number of ether oxygens (including phenoxy) is 2. The van der Waals surface area contributed by atoms with E-state index in [9.17, 15) is 22.8 Å². The highest BCUT2D eigenvalue weighted by Crippen LogP contribution is 2.36. The molecule has 1 saturated heterocycles. The molecule has 0 spiro atoms. The van der Waals surface area contributed by atoms with Crippen LogP contribution in [-0.2, 0) is 9.59 Å². The second-order valence-electron chi connectivity index (χ2n) is 7.46. The minimum Gasteiger partial charge on any atom is -0.486 e. The average molecular weight is 400 g/mol. The predicted molar refractivity (Wildman–Crippen MR) is 95.4 cm³/mol. The van der Waals surface area contributed by atoms with Gasteiger partial charge in [-0.25, -0.2) is 0 Å². The van der Waals surface area contributed by atoms with E-state index in [1.807, 2.05) is 0 Å². The van der Waals surface area contributed by atoms with Gasteiger partial charge in [0.05, 0.1) is 5.92 Å². The number of amides is 2. The van der Waals surface area contributed by atoms with E-state index >= 15 is 0 Å². The van der Waals surface area contributed by atoms with Crippen LogP contribution in [0.3, 0.4) is 0 Å². The molecule has 2 heterocycles. The van der Waals surface area contributed by atoms with E-state index in [-0.39, 0.29) is 31.3 Å². The van der Waals surface area contributed by atoms with Crippen LogP contribution in [0.25, 0.3) is 0 Å². The Labute approximate surface area is 161 Å². The quantitative estimate of drug-likeness (QED) is 0.763. The van der Waals surface area contributed by atoms with Crippen molar-refractivity contribution in [1.82, 2.24) is 4.90 Å². The minimum atomic E-state index is -4.48. The Morgan fingerprint density at radius 2 is 1.93 bits per heavy atom. The van der Waals surface area contributed by atoms with Crippen LogP contribution >= 0.6 is 0 Å². The number of carbonyl (C=O) groups is 2. The third-order valence-electron chi connectivity index (χ3n) is 4.58. The Morgan fingerprint density at radius 1 is 1.25 bits per heavy atom. The number of alkyl halides is 3. The van der Waals surface area contributed by atoms with Crippen LogP contribution in [0.15, 0.2) is 18.2 Å². The third kappa shape index (κ3) is 4.69. The molecule has 28 heavy (non-hydrogen) atoms. The van der Waals surface area contributed by atoms with Crippen molar-refractivity contribution in [1.29, 1.82) is 0 Å². The van der Waals surface area contributed by atoms with Crippen molar-refractivity contribution in [3.05, 3.63) is 18.2 Å².